The second-order valence-electron chi connectivity index (χ2n) is 7.36. The van der Waals surface area contributed by atoms with E-state index in [0.29, 0.717) is 17.1 Å². The van der Waals surface area contributed by atoms with Crippen LogP contribution in [-0.2, 0) is 27.2 Å². The largest absolute Gasteiger partial charge is 0.460 e. The van der Waals surface area contributed by atoms with Gasteiger partial charge >= 0.3 is 5.97 Å². The monoisotopic (exact) mass is 372 g/mol. The molecule has 7 heteroatoms. The van der Waals surface area contributed by atoms with Gasteiger partial charge in [-0.15, -0.1) is 0 Å². The van der Waals surface area contributed by atoms with Crippen molar-refractivity contribution in [1.82, 2.24) is 4.98 Å². The van der Waals surface area contributed by atoms with E-state index in [4.69, 9.17) is 9.47 Å². The van der Waals surface area contributed by atoms with E-state index in [0.717, 1.165) is 0 Å². The number of rotatable bonds is 4. The third kappa shape index (κ3) is 4.24. The highest BCUT2D eigenvalue weighted by Gasteiger charge is 2.28. The summed E-state index contributed by atoms with van der Waals surface area (Å²) in [5.74, 6) is 0.139. The maximum Gasteiger partial charge on any atom is 0.310 e. The first-order valence-corrected chi connectivity index (χ1v) is 8.56. The Labute approximate surface area is 156 Å². The molecule has 27 heavy (non-hydrogen) atoms. The van der Waals surface area contributed by atoms with Gasteiger partial charge in [0.15, 0.2) is 0 Å². The molecule has 142 valence electrons. The van der Waals surface area contributed by atoms with Crippen LogP contribution in [-0.4, -0.2) is 29.5 Å². The quantitative estimate of drug-likeness (QED) is 0.770. The van der Waals surface area contributed by atoms with Crippen molar-refractivity contribution in [3.05, 3.63) is 47.4 Å². The maximum absolute atomic E-state index is 14.4. The highest BCUT2D eigenvalue weighted by Crippen LogP contribution is 2.35. The number of amides is 1. The van der Waals surface area contributed by atoms with Crippen molar-refractivity contribution >= 4 is 17.7 Å². The van der Waals surface area contributed by atoms with Crippen LogP contribution >= 0.6 is 0 Å². The molecule has 0 unspecified atom stereocenters. The van der Waals surface area contributed by atoms with Gasteiger partial charge in [-0.1, -0.05) is 6.07 Å². The highest BCUT2D eigenvalue weighted by molar-refractivity contribution is 6.00. The molecule has 0 saturated carbocycles. The van der Waals surface area contributed by atoms with Gasteiger partial charge in [-0.2, -0.15) is 0 Å². The smallest absolute Gasteiger partial charge is 0.310 e. The molecule has 2 aromatic rings. The summed E-state index contributed by atoms with van der Waals surface area (Å²) in [7, 11) is 1.65. The molecule has 0 N–H and O–H groups in total. The lowest BCUT2D eigenvalue weighted by Gasteiger charge is -2.19. The number of carbonyl (C=O) groups is 2. The molecular weight excluding hydrogens is 351 g/mol. The zero-order chi connectivity index (χ0) is 19.8. The molecule has 1 aliphatic rings. The summed E-state index contributed by atoms with van der Waals surface area (Å²) in [5.41, 5.74) is 0.276. The minimum absolute atomic E-state index is 0.0764. The number of nitrogens with zero attached hydrogens (tertiary/aromatic N) is 2. The van der Waals surface area contributed by atoms with Crippen molar-refractivity contribution in [3.8, 4) is 11.5 Å². The van der Waals surface area contributed by atoms with Gasteiger partial charge in [0.05, 0.1) is 12.8 Å². The molecule has 1 aromatic carbocycles. The third-order valence-electron chi connectivity index (χ3n) is 4.02. The summed E-state index contributed by atoms with van der Waals surface area (Å²) in [6.07, 6.45) is 1.57. The van der Waals surface area contributed by atoms with Crippen LogP contribution in [0.4, 0.5) is 10.2 Å². The second kappa shape index (κ2) is 6.98. The number of benzene rings is 1. The van der Waals surface area contributed by atoms with E-state index in [1.165, 1.54) is 23.2 Å². The summed E-state index contributed by atoms with van der Waals surface area (Å²) in [4.78, 5) is 29.4. The first-order valence-electron chi connectivity index (χ1n) is 8.56. The Hall–Kier alpha value is -2.96. The predicted octanol–water partition coefficient (Wildman–Crippen LogP) is 3.42. The predicted molar refractivity (Wildman–Crippen MR) is 97.4 cm³/mol. The fourth-order valence-electron chi connectivity index (χ4n) is 2.80. The lowest BCUT2D eigenvalue weighted by molar-refractivity contribution is -0.154. The standard InChI is InChI=1S/C20H21FN2O4/c1-20(2,3)27-18(25)9-12-5-6-13(10-15(12)21)26-16-7-8-22-19-14(16)11-17(24)23(19)4/h5-8,10H,9,11H2,1-4H3. The number of aromatic nitrogens is 1. The molecule has 0 aliphatic carbocycles. The molecule has 0 atom stereocenters. The van der Waals surface area contributed by atoms with Crippen molar-refractivity contribution in [2.45, 2.75) is 39.2 Å². The summed E-state index contributed by atoms with van der Waals surface area (Å²) in [5, 5.41) is 0. The molecule has 1 amide bonds. The van der Waals surface area contributed by atoms with Gasteiger partial charge in [0, 0.05) is 24.9 Å². The van der Waals surface area contributed by atoms with E-state index in [1.54, 1.807) is 40.0 Å². The van der Waals surface area contributed by atoms with Gasteiger partial charge in [-0.3, -0.25) is 14.5 Å². The molecule has 1 aliphatic heterocycles. The number of carbonyl (C=O) groups excluding carboxylic acids is 2. The number of halogens is 1. The normalized spacial score (nSPS) is 13.5. The maximum atomic E-state index is 14.4. The first kappa shape index (κ1) is 18.8. The number of ether oxygens (including phenoxy) is 2. The number of esters is 1. The third-order valence-corrected chi connectivity index (χ3v) is 4.02. The van der Waals surface area contributed by atoms with Gasteiger partial charge in [0.25, 0.3) is 0 Å². The number of pyridine rings is 1. The van der Waals surface area contributed by atoms with Crippen molar-refractivity contribution in [2.75, 3.05) is 11.9 Å². The second-order valence-corrected chi connectivity index (χ2v) is 7.36. The molecule has 0 fully saturated rings. The van der Waals surface area contributed by atoms with Crippen molar-refractivity contribution < 1.29 is 23.5 Å². The van der Waals surface area contributed by atoms with Crippen LogP contribution in [0.15, 0.2) is 30.5 Å². The van der Waals surface area contributed by atoms with Gasteiger partial charge in [-0.25, -0.2) is 9.37 Å². The Bertz CT molecular complexity index is 905. The van der Waals surface area contributed by atoms with Gasteiger partial charge in [0.2, 0.25) is 5.91 Å². The lowest BCUT2D eigenvalue weighted by atomic mass is 10.1. The summed E-state index contributed by atoms with van der Waals surface area (Å²) in [6.45, 7) is 5.27. The molecule has 0 bridgehead atoms. The van der Waals surface area contributed by atoms with E-state index >= 15 is 0 Å². The number of hydrogen-bond donors (Lipinski definition) is 0. The topological polar surface area (TPSA) is 68.7 Å². The van der Waals surface area contributed by atoms with Crippen molar-refractivity contribution in [3.63, 3.8) is 0 Å². The molecule has 0 radical (unpaired) electrons. The molecule has 3 rings (SSSR count). The lowest BCUT2D eigenvalue weighted by Crippen LogP contribution is -2.25. The molecule has 6 nitrogen and oxygen atoms in total. The minimum Gasteiger partial charge on any atom is -0.460 e. The zero-order valence-electron chi connectivity index (χ0n) is 15.7. The van der Waals surface area contributed by atoms with Crippen LogP contribution in [0.3, 0.4) is 0 Å². The van der Waals surface area contributed by atoms with Crippen molar-refractivity contribution in [2.24, 2.45) is 0 Å². The number of anilines is 1. The summed E-state index contributed by atoms with van der Waals surface area (Å²) in [6, 6.07) is 5.92. The van der Waals surface area contributed by atoms with Crippen LogP contribution in [0.25, 0.3) is 0 Å². The minimum atomic E-state index is -0.622. The number of hydrogen-bond acceptors (Lipinski definition) is 5. The van der Waals surface area contributed by atoms with Crippen LogP contribution in [0, 0.1) is 5.82 Å². The fourth-order valence-corrected chi connectivity index (χ4v) is 2.80. The van der Waals surface area contributed by atoms with E-state index in [2.05, 4.69) is 4.98 Å². The summed E-state index contributed by atoms with van der Waals surface area (Å²) < 4.78 is 25.4. The van der Waals surface area contributed by atoms with Crippen LogP contribution in [0.2, 0.25) is 0 Å². The Morgan fingerprint density at radius 3 is 2.70 bits per heavy atom. The van der Waals surface area contributed by atoms with Crippen LogP contribution in [0.1, 0.15) is 31.9 Å². The van der Waals surface area contributed by atoms with E-state index in [1.807, 2.05) is 0 Å². The average molecular weight is 372 g/mol. The van der Waals surface area contributed by atoms with E-state index in [9.17, 15) is 14.0 Å². The SMILES string of the molecule is CN1C(=O)Cc2c(Oc3ccc(CC(=O)OC(C)(C)C)c(F)c3)ccnc21. The Morgan fingerprint density at radius 2 is 2.04 bits per heavy atom. The fraction of sp³-hybridized carbons (Fsp3) is 0.350. The van der Waals surface area contributed by atoms with Crippen LogP contribution in [0.5, 0.6) is 11.5 Å². The van der Waals surface area contributed by atoms with Gasteiger partial charge < -0.3 is 9.47 Å². The molecule has 2 heterocycles. The Morgan fingerprint density at radius 1 is 1.30 bits per heavy atom. The molecule has 0 saturated heterocycles. The van der Waals surface area contributed by atoms with Crippen molar-refractivity contribution in [1.29, 1.82) is 0 Å². The Kier molecular flexibility index (Phi) is 4.87. The zero-order valence-corrected chi connectivity index (χ0v) is 15.7. The first-order chi connectivity index (χ1) is 12.6. The van der Waals surface area contributed by atoms with Gasteiger partial charge in [-0.05, 0) is 38.5 Å². The average Bonchev–Trinajstić information content (AvgIpc) is 2.85. The molecule has 0 spiro atoms. The Balaban J connectivity index is 1.76. The number of fused-ring (bicyclic) bond motifs is 1. The molecular formula is C20H21FN2O4. The van der Waals surface area contributed by atoms with E-state index in [-0.39, 0.29) is 30.1 Å². The highest BCUT2D eigenvalue weighted by atomic mass is 19.1. The van der Waals surface area contributed by atoms with E-state index < -0.39 is 17.4 Å². The van der Waals surface area contributed by atoms with Crippen LogP contribution < -0.4 is 9.64 Å². The van der Waals surface area contributed by atoms with Gasteiger partial charge in [0.1, 0.15) is 28.7 Å². The summed E-state index contributed by atoms with van der Waals surface area (Å²) >= 11 is 0. The number of likely N-dealkylation sites (N-methyl/N-ethyl adjacent to an activating group) is 1. The molecule has 1 aromatic heterocycles.